The van der Waals surface area contributed by atoms with Gasteiger partial charge in [0.05, 0.1) is 30.7 Å². The van der Waals surface area contributed by atoms with E-state index in [1.807, 2.05) is 10.9 Å². The van der Waals surface area contributed by atoms with Crippen LogP contribution in [0.15, 0.2) is 43.4 Å². The van der Waals surface area contributed by atoms with Crippen LogP contribution in [0.4, 0.5) is 23.1 Å². The SMILES string of the molecule is C=CC(=O)N1CCC(n2cc(Nc3ncc(C(N)=O)c(Nc4c(C)cc(C(N)=O)cc4OC)n3)cn2)CC1. The van der Waals surface area contributed by atoms with E-state index in [0.29, 0.717) is 35.8 Å². The molecule has 198 valence electrons. The highest BCUT2D eigenvalue weighted by molar-refractivity contribution is 5.99. The van der Waals surface area contributed by atoms with E-state index in [2.05, 4.69) is 32.3 Å². The van der Waals surface area contributed by atoms with Crippen molar-refractivity contribution in [3.63, 3.8) is 0 Å². The fraction of sp³-hybridized carbons (Fsp3) is 0.280. The summed E-state index contributed by atoms with van der Waals surface area (Å²) in [6.07, 6.45) is 7.68. The van der Waals surface area contributed by atoms with E-state index in [9.17, 15) is 14.4 Å². The van der Waals surface area contributed by atoms with Crippen molar-refractivity contribution in [3.05, 3.63) is 60.1 Å². The quantitative estimate of drug-likeness (QED) is 0.307. The van der Waals surface area contributed by atoms with E-state index in [1.165, 1.54) is 25.4 Å². The van der Waals surface area contributed by atoms with Gasteiger partial charge in [-0.15, -0.1) is 0 Å². The van der Waals surface area contributed by atoms with Crippen LogP contribution >= 0.6 is 0 Å². The number of nitrogens with zero attached hydrogens (tertiary/aromatic N) is 5. The minimum absolute atomic E-state index is 0.0625. The van der Waals surface area contributed by atoms with Crippen molar-refractivity contribution in [2.24, 2.45) is 11.5 Å². The molecule has 1 saturated heterocycles. The first-order valence-electron chi connectivity index (χ1n) is 11.8. The molecule has 0 bridgehead atoms. The van der Waals surface area contributed by atoms with Gasteiger partial charge in [-0.2, -0.15) is 10.1 Å². The maximum absolute atomic E-state index is 12.1. The number of amides is 3. The lowest BCUT2D eigenvalue weighted by Gasteiger charge is -2.31. The number of hydrogen-bond acceptors (Lipinski definition) is 9. The van der Waals surface area contributed by atoms with E-state index in [0.717, 1.165) is 12.8 Å². The number of ether oxygens (including phenoxy) is 1. The van der Waals surface area contributed by atoms with Crippen LogP contribution < -0.4 is 26.8 Å². The lowest BCUT2D eigenvalue weighted by Crippen LogP contribution is -2.38. The molecule has 1 fully saturated rings. The number of aryl methyl sites for hydroxylation is 1. The zero-order valence-corrected chi connectivity index (χ0v) is 21.1. The first-order chi connectivity index (χ1) is 18.2. The predicted octanol–water partition coefficient (Wildman–Crippen LogP) is 2.02. The van der Waals surface area contributed by atoms with Crippen LogP contribution in [0, 0.1) is 6.92 Å². The molecule has 0 atom stereocenters. The standard InChI is InChI=1S/C25H29N9O4/c1-4-20(35)33-7-5-17(6-8-33)34-13-16(11-29-34)30-25-28-12-18(23(27)37)24(32-25)31-21-14(2)9-15(22(26)36)10-19(21)38-3/h4,9-13,17H,1,5-8H2,2-3H3,(H2,26,36)(H2,27,37)(H2,28,30,31,32). The highest BCUT2D eigenvalue weighted by Crippen LogP contribution is 2.33. The third kappa shape index (κ3) is 5.56. The summed E-state index contributed by atoms with van der Waals surface area (Å²) in [7, 11) is 1.45. The molecule has 6 N–H and O–H groups in total. The fourth-order valence-electron chi connectivity index (χ4n) is 4.27. The molecule has 1 aliphatic heterocycles. The van der Waals surface area contributed by atoms with Gasteiger partial charge in [-0.1, -0.05) is 6.58 Å². The molecule has 3 aromatic rings. The number of nitrogens with one attached hydrogen (secondary N) is 2. The Labute approximate surface area is 218 Å². The summed E-state index contributed by atoms with van der Waals surface area (Å²) in [5, 5.41) is 10.6. The number of hydrogen-bond donors (Lipinski definition) is 4. The van der Waals surface area contributed by atoms with E-state index in [4.69, 9.17) is 16.2 Å². The number of rotatable bonds is 9. The van der Waals surface area contributed by atoms with Crippen molar-refractivity contribution in [1.29, 1.82) is 0 Å². The first-order valence-corrected chi connectivity index (χ1v) is 11.8. The summed E-state index contributed by atoms with van der Waals surface area (Å²) in [4.78, 5) is 46.0. The van der Waals surface area contributed by atoms with Crippen molar-refractivity contribution in [2.75, 3.05) is 30.8 Å². The number of primary amides is 2. The molecule has 1 aromatic carbocycles. The Kier molecular flexibility index (Phi) is 7.55. The van der Waals surface area contributed by atoms with Gasteiger partial charge < -0.3 is 31.7 Å². The molecule has 0 aliphatic carbocycles. The van der Waals surface area contributed by atoms with Crippen LogP contribution in [0.3, 0.4) is 0 Å². The van der Waals surface area contributed by atoms with Gasteiger partial charge in [0.25, 0.3) is 5.91 Å². The van der Waals surface area contributed by atoms with Gasteiger partial charge in [-0.3, -0.25) is 19.1 Å². The van der Waals surface area contributed by atoms with E-state index >= 15 is 0 Å². The maximum atomic E-state index is 12.1. The smallest absolute Gasteiger partial charge is 0.254 e. The number of aromatic nitrogens is 4. The Hall–Kier alpha value is -4.94. The maximum Gasteiger partial charge on any atom is 0.254 e. The molecule has 13 heteroatoms. The van der Waals surface area contributed by atoms with Gasteiger partial charge in [0.1, 0.15) is 17.1 Å². The summed E-state index contributed by atoms with van der Waals surface area (Å²) in [6, 6.07) is 3.24. The molecule has 0 unspecified atom stereocenters. The summed E-state index contributed by atoms with van der Waals surface area (Å²) in [5.74, 6) is -0.698. The monoisotopic (exact) mass is 519 g/mol. The lowest BCUT2D eigenvalue weighted by atomic mass is 10.1. The Morgan fingerprint density at radius 1 is 1.13 bits per heavy atom. The summed E-state index contributed by atoms with van der Waals surface area (Å²) >= 11 is 0. The molecular weight excluding hydrogens is 490 g/mol. The molecule has 38 heavy (non-hydrogen) atoms. The number of nitrogens with two attached hydrogens (primary N) is 2. The number of benzene rings is 1. The average Bonchev–Trinajstić information content (AvgIpc) is 3.37. The number of likely N-dealkylation sites (tertiary alicyclic amines) is 1. The molecule has 0 saturated carbocycles. The molecule has 13 nitrogen and oxygen atoms in total. The van der Waals surface area contributed by atoms with Crippen LogP contribution in [0.25, 0.3) is 0 Å². The predicted molar refractivity (Wildman–Crippen MR) is 141 cm³/mol. The number of anilines is 4. The molecule has 2 aromatic heterocycles. The third-order valence-corrected chi connectivity index (χ3v) is 6.28. The van der Waals surface area contributed by atoms with Gasteiger partial charge in [0.15, 0.2) is 0 Å². The molecule has 0 radical (unpaired) electrons. The van der Waals surface area contributed by atoms with Crippen molar-refractivity contribution >= 4 is 40.9 Å². The summed E-state index contributed by atoms with van der Waals surface area (Å²) < 4.78 is 7.27. The normalized spacial score (nSPS) is 13.6. The van der Waals surface area contributed by atoms with Crippen molar-refractivity contribution in [3.8, 4) is 5.75 Å². The zero-order chi connectivity index (χ0) is 27.4. The molecule has 4 rings (SSSR count). The topological polar surface area (TPSA) is 183 Å². The molecule has 0 spiro atoms. The van der Waals surface area contributed by atoms with Gasteiger partial charge in [0.2, 0.25) is 17.8 Å². The van der Waals surface area contributed by atoms with Crippen LogP contribution in [0.2, 0.25) is 0 Å². The molecule has 3 heterocycles. The first kappa shape index (κ1) is 26.1. The second-order valence-corrected chi connectivity index (χ2v) is 8.77. The van der Waals surface area contributed by atoms with Gasteiger partial charge >= 0.3 is 0 Å². The van der Waals surface area contributed by atoms with Crippen LogP contribution in [-0.4, -0.2) is 62.6 Å². The minimum atomic E-state index is -0.724. The highest BCUT2D eigenvalue weighted by Gasteiger charge is 2.23. The fourth-order valence-corrected chi connectivity index (χ4v) is 4.27. The van der Waals surface area contributed by atoms with E-state index in [1.54, 1.807) is 24.1 Å². The van der Waals surface area contributed by atoms with Crippen molar-refractivity contribution in [1.82, 2.24) is 24.6 Å². The highest BCUT2D eigenvalue weighted by atomic mass is 16.5. The number of carbonyl (C=O) groups excluding carboxylic acids is 3. The Morgan fingerprint density at radius 2 is 1.87 bits per heavy atom. The lowest BCUT2D eigenvalue weighted by molar-refractivity contribution is -0.127. The van der Waals surface area contributed by atoms with Gasteiger partial charge in [-0.05, 0) is 43.5 Å². The Bertz CT molecular complexity index is 1390. The second kappa shape index (κ2) is 11.0. The average molecular weight is 520 g/mol. The summed E-state index contributed by atoms with van der Waals surface area (Å²) in [5.41, 5.74) is 13.1. The van der Waals surface area contributed by atoms with Crippen LogP contribution in [0.1, 0.15) is 45.2 Å². The number of piperidine rings is 1. The second-order valence-electron chi connectivity index (χ2n) is 8.77. The summed E-state index contributed by atoms with van der Waals surface area (Å²) in [6.45, 7) is 6.57. The third-order valence-electron chi connectivity index (χ3n) is 6.28. The largest absolute Gasteiger partial charge is 0.495 e. The van der Waals surface area contributed by atoms with E-state index < -0.39 is 11.8 Å². The molecule has 3 amide bonds. The van der Waals surface area contributed by atoms with Crippen LogP contribution in [-0.2, 0) is 4.79 Å². The number of carbonyl (C=O) groups is 3. The number of methoxy groups -OCH3 is 1. The van der Waals surface area contributed by atoms with Crippen molar-refractivity contribution in [2.45, 2.75) is 25.8 Å². The molecular formula is C25H29N9O4. The Balaban J connectivity index is 1.54. The van der Waals surface area contributed by atoms with Gasteiger partial charge in [0, 0.05) is 31.0 Å². The zero-order valence-electron chi connectivity index (χ0n) is 21.1. The van der Waals surface area contributed by atoms with Gasteiger partial charge in [-0.25, -0.2) is 4.98 Å². The van der Waals surface area contributed by atoms with Crippen molar-refractivity contribution < 1.29 is 19.1 Å². The van der Waals surface area contributed by atoms with Crippen LogP contribution in [0.5, 0.6) is 5.75 Å². The minimum Gasteiger partial charge on any atom is -0.495 e. The van der Waals surface area contributed by atoms with E-state index in [-0.39, 0.29) is 34.8 Å². The molecule has 1 aliphatic rings. The Morgan fingerprint density at radius 3 is 2.50 bits per heavy atom.